The van der Waals surface area contributed by atoms with Crippen LogP contribution in [0.25, 0.3) is 16.2 Å². The van der Waals surface area contributed by atoms with Crippen LogP contribution in [0.2, 0.25) is 0 Å². The molecule has 1 N–H and O–H groups in total. The van der Waals surface area contributed by atoms with Gasteiger partial charge in [-0.05, 0) is 25.0 Å². The summed E-state index contributed by atoms with van der Waals surface area (Å²) in [4.78, 5) is 17.8. The first-order chi connectivity index (χ1) is 10.8. The molecule has 1 fully saturated rings. The van der Waals surface area contributed by atoms with E-state index in [1.807, 2.05) is 40.2 Å². The number of nitrogens with zero attached hydrogens (tertiary/aromatic N) is 2. The van der Waals surface area contributed by atoms with E-state index < -0.39 is 0 Å². The van der Waals surface area contributed by atoms with Crippen molar-refractivity contribution in [1.82, 2.24) is 14.7 Å². The number of amides is 1. The Morgan fingerprint density at radius 1 is 1.45 bits per heavy atom. The minimum absolute atomic E-state index is 0.101. The van der Waals surface area contributed by atoms with E-state index in [-0.39, 0.29) is 5.91 Å². The number of imidazole rings is 1. The van der Waals surface area contributed by atoms with Gasteiger partial charge in [0.2, 0.25) is 0 Å². The van der Waals surface area contributed by atoms with Crippen molar-refractivity contribution in [3.8, 4) is 17.0 Å². The van der Waals surface area contributed by atoms with Gasteiger partial charge in [-0.2, -0.15) is 0 Å². The van der Waals surface area contributed by atoms with Crippen molar-refractivity contribution in [2.24, 2.45) is 0 Å². The summed E-state index contributed by atoms with van der Waals surface area (Å²) in [6.45, 7) is 0. The Morgan fingerprint density at radius 2 is 2.32 bits per heavy atom. The van der Waals surface area contributed by atoms with Gasteiger partial charge >= 0.3 is 0 Å². The Labute approximate surface area is 131 Å². The SMILES string of the molecule is COc1cccc(-c2c(C(=O)NC3CC3)nc3sccn23)c1. The zero-order chi connectivity index (χ0) is 15.1. The zero-order valence-corrected chi connectivity index (χ0v) is 12.9. The van der Waals surface area contributed by atoms with Crippen molar-refractivity contribution in [3.63, 3.8) is 0 Å². The fourth-order valence-corrected chi connectivity index (χ4v) is 3.19. The van der Waals surface area contributed by atoms with E-state index in [0.29, 0.717) is 11.7 Å². The van der Waals surface area contributed by atoms with Crippen LogP contribution in [0.1, 0.15) is 23.3 Å². The normalized spacial score (nSPS) is 14.2. The number of aromatic nitrogens is 2. The Hall–Kier alpha value is -2.34. The molecule has 0 aliphatic heterocycles. The first-order valence-electron chi connectivity index (χ1n) is 7.17. The van der Waals surface area contributed by atoms with Crippen LogP contribution >= 0.6 is 11.3 Å². The molecule has 5 nitrogen and oxygen atoms in total. The molecule has 0 bridgehead atoms. The van der Waals surface area contributed by atoms with Crippen molar-refractivity contribution >= 4 is 22.2 Å². The second-order valence-corrected chi connectivity index (χ2v) is 6.22. The predicted molar refractivity (Wildman–Crippen MR) is 85.5 cm³/mol. The summed E-state index contributed by atoms with van der Waals surface area (Å²) in [6, 6.07) is 8.01. The topological polar surface area (TPSA) is 55.6 Å². The van der Waals surface area contributed by atoms with Crippen LogP contribution in [0.15, 0.2) is 35.8 Å². The molecule has 1 saturated carbocycles. The highest BCUT2D eigenvalue weighted by Gasteiger charge is 2.27. The molecular weight excluding hydrogens is 298 g/mol. The molecule has 2 aromatic heterocycles. The highest BCUT2D eigenvalue weighted by Crippen LogP contribution is 2.30. The van der Waals surface area contributed by atoms with E-state index in [2.05, 4.69) is 10.3 Å². The highest BCUT2D eigenvalue weighted by atomic mass is 32.1. The Bertz CT molecular complexity index is 848. The lowest BCUT2D eigenvalue weighted by molar-refractivity contribution is 0.0947. The van der Waals surface area contributed by atoms with Gasteiger partial charge in [-0.25, -0.2) is 4.98 Å². The third kappa shape index (κ3) is 2.25. The summed E-state index contributed by atoms with van der Waals surface area (Å²) >= 11 is 1.52. The minimum Gasteiger partial charge on any atom is -0.497 e. The van der Waals surface area contributed by atoms with Crippen LogP contribution in [0.3, 0.4) is 0 Å². The fraction of sp³-hybridized carbons (Fsp3) is 0.250. The molecule has 0 unspecified atom stereocenters. The molecule has 0 saturated heterocycles. The molecule has 0 atom stereocenters. The van der Waals surface area contributed by atoms with Crippen LogP contribution in [-0.2, 0) is 0 Å². The lowest BCUT2D eigenvalue weighted by Crippen LogP contribution is -2.26. The molecule has 1 aromatic carbocycles. The fourth-order valence-electron chi connectivity index (χ4n) is 2.47. The number of benzene rings is 1. The number of thiazole rings is 1. The average molecular weight is 313 g/mol. The minimum atomic E-state index is -0.101. The van der Waals surface area contributed by atoms with Gasteiger partial charge in [0.15, 0.2) is 10.7 Å². The second-order valence-electron chi connectivity index (χ2n) is 5.34. The molecule has 1 aliphatic rings. The molecule has 112 valence electrons. The summed E-state index contributed by atoms with van der Waals surface area (Å²) in [5.41, 5.74) is 2.21. The number of hydrogen-bond donors (Lipinski definition) is 1. The quantitative estimate of drug-likeness (QED) is 0.805. The molecule has 3 aromatic rings. The van der Waals surface area contributed by atoms with E-state index in [9.17, 15) is 4.79 Å². The van der Waals surface area contributed by atoms with Gasteiger partial charge in [0.1, 0.15) is 5.75 Å². The smallest absolute Gasteiger partial charge is 0.272 e. The summed E-state index contributed by atoms with van der Waals surface area (Å²) in [6.07, 6.45) is 4.06. The summed E-state index contributed by atoms with van der Waals surface area (Å²) in [7, 11) is 1.64. The van der Waals surface area contributed by atoms with Gasteiger partial charge in [-0.1, -0.05) is 12.1 Å². The van der Waals surface area contributed by atoms with Gasteiger partial charge in [-0.15, -0.1) is 11.3 Å². The summed E-state index contributed by atoms with van der Waals surface area (Å²) < 4.78 is 7.25. The van der Waals surface area contributed by atoms with E-state index in [1.165, 1.54) is 11.3 Å². The van der Waals surface area contributed by atoms with Gasteiger partial charge < -0.3 is 10.1 Å². The highest BCUT2D eigenvalue weighted by molar-refractivity contribution is 7.15. The maximum absolute atomic E-state index is 12.5. The van der Waals surface area contributed by atoms with Crippen LogP contribution in [0, 0.1) is 0 Å². The molecule has 1 amide bonds. The molecule has 6 heteroatoms. The first-order valence-corrected chi connectivity index (χ1v) is 8.05. The number of rotatable bonds is 4. The molecular formula is C16H15N3O2S. The number of carbonyl (C=O) groups is 1. The molecule has 0 spiro atoms. The predicted octanol–water partition coefficient (Wildman–Crippen LogP) is 2.96. The second kappa shape index (κ2) is 5.14. The van der Waals surface area contributed by atoms with Crippen molar-refractivity contribution in [2.45, 2.75) is 18.9 Å². The number of fused-ring (bicyclic) bond motifs is 1. The van der Waals surface area contributed by atoms with Crippen molar-refractivity contribution in [3.05, 3.63) is 41.5 Å². The number of hydrogen-bond acceptors (Lipinski definition) is 4. The Kier molecular flexibility index (Phi) is 3.11. The van der Waals surface area contributed by atoms with E-state index >= 15 is 0 Å². The largest absolute Gasteiger partial charge is 0.497 e. The number of ether oxygens (including phenoxy) is 1. The third-order valence-electron chi connectivity index (χ3n) is 3.73. The van der Waals surface area contributed by atoms with Crippen LogP contribution in [-0.4, -0.2) is 28.4 Å². The monoisotopic (exact) mass is 313 g/mol. The van der Waals surface area contributed by atoms with Crippen molar-refractivity contribution in [1.29, 1.82) is 0 Å². The van der Waals surface area contributed by atoms with Crippen molar-refractivity contribution < 1.29 is 9.53 Å². The zero-order valence-electron chi connectivity index (χ0n) is 12.1. The summed E-state index contributed by atoms with van der Waals surface area (Å²) in [5.74, 6) is 0.660. The van der Waals surface area contributed by atoms with Crippen LogP contribution in [0.5, 0.6) is 5.75 Å². The summed E-state index contributed by atoms with van der Waals surface area (Å²) in [5, 5.41) is 4.99. The average Bonchev–Trinajstić information content (AvgIpc) is 3.10. The number of carbonyl (C=O) groups excluding carboxylic acids is 1. The van der Waals surface area contributed by atoms with E-state index in [4.69, 9.17) is 4.74 Å². The standard InChI is InChI=1S/C16H15N3O2S/c1-21-12-4-2-3-10(9-12)14-13(15(20)17-11-5-6-11)18-16-19(14)7-8-22-16/h2-4,7-9,11H,5-6H2,1H3,(H,17,20). The van der Waals surface area contributed by atoms with Crippen LogP contribution in [0.4, 0.5) is 0 Å². The van der Waals surface area contributed by atoms with Gasteiger partial charge in [-0.3, -0.25) is 9.20 Å². The van der Waals surface area contributed by atoms with Gasteiger partial charge in [0, 0.05) is 23.2 Å². The Balaban J connectivity index is 1.85. The lowest BCUT2D eigenvalue weighted by atomic mass is 10.1. The maximum Gasteiger partial charge on any atom is 0.272 e. The van der Waals surface area contributed by atoms with E-state index in [0.717, 1.165) is 34.8 Å². The van der Waals surface area contributed by atoms with E-state index in [1.54, 1.807) is 7.11 Å². The van der Waals surface area contributed by atoms with Crippen molar-refractivity contribution in [2.75, 3.05) is 7.11 Å². The molecule has 22 heavy (non-hydrogen) atoms. The van der Waals surface area contributed by atoms with Gasteiger partial charge in [0.25, 0.3) is 5.91 Å². The molecule has 2 heterocycles. The van der Waals surface area contributed by atoms with Gasteiger partial charge in [0.05, 0.1) is 12.8 Å². The first kappa shape index (κ1) is 13.3. The number of nitrogens with one attached hydrogen (secondary N) is 1. The maximum atomic E-state index is 12.5. The molecule has 1 aliphatic carbocycles. The number of methoxy groups -OCH3 is 1. The van der Waals surface area contributed by atoms with Crippen LogP contribution < -0.4 is 10.1 Å². The third-order valence-corrected chi connectivity index (χ3v) is 4.49. The lowest BCUT2D eigenvalue weighted by Gasteiger charge is -2.07. The molecule has 0 radical (unpaired) electrons. The Morgan fingerprint density at radius 3 is 3.09 bits per heavy atom. The molecule has 4 rings (SSSR count).